The molecule has 1 saturated carbocycles. The van der Waals surface area contributed by atoms with Crippen LogP contribution in [0.1, 0.15) is 40.5 Å². The fourth-order valence-electron chi connectivity index (χ4n) is 3.12. The fraction of sp³-hybridized carbons (Fsp3) is 0.929. The molecule has 0 radical (unpaired) electrons. The zero-order valence-electron chi connectivity index (χ0n) is 11.9. The third kappa shape index (κ3) is 2.16. The zero-order valence-corrected chi connectivity index (χ0v) is 11.9. The van der Waals surface area contributed by atoms with Crippen molar-refractivity contribution in [1.29, 1.82) is 0 Å². The van der Waals surface area contributed by atoms with E-state index in [1.807, 2.05) is 16.8 Å². The van der Waals surface area contributed by atoms with Gasteiger partial charge in [0.2, 0.25) is 0 Å². The number of urea groups is 1. The van der Waals surface area contributed by atoms with Crippen molar-refractivity contribution >= 4 is 6.03 Å². The summed E-state index contributed by atoms with van der Waals surface area (Å²) in [7, 11) is 1.90. The van der Waals surface area contributed by atoms with Crippen LogP contribution in [0.5, 0.6) is 0 Å². The Balaban J connectivity index is 1.79. The van der Waals surface area contributed by atoms with Gasteiger partial charge >= 0.3 is 6.03 Å². The molecule has 1 heterocycles. The van der Waals surface area contributed by atoms with Crippen molar-refractivity contribution < 1.29 is 4.79 Å². The first-order chi connectivity index (χ1) is 7.84. The van der Waals surface area contributed by atoms with Crippen LogP contribution in [0.15, 0.2) is 0 Å². The number of carbonyl (C=O) groups is 1. The van der Waals surface area contributed by atoms with Gasteiger partial charge in [0.05, 0.1) is 0 Å². The average Bonchev–Trinajstić information content (AvgIpc) is 2.10. The van der Waals surface area contributed by atoms with Gasteiger partial charge in [-0.05, 0) is 38.5 Å². The summed E-state index contributed by atoms with van der Waals surface area (Å²) in [5, 5.41) is 0. The topological polar surface area (TPSA) is 23.6 Å². The van der Waals surface area contributed by atoms with Gasteiger partial charge in [0.15, 0.2) is 0 Å². The minimum atomic E-state index is 0.207. The molecule has 0 aromatic carbocycles. The molecule has 0 bridgehead atoms. The molecule has 3 nitrogen and oxygen atoms in total. The first kappa shape index (κ1) is 12.7. The van der Waals surface area contributed by atoms with Crippen LogP contribution in [0.3, 0.4) is 0 Å². The molecule has 0 atom stereocenters. The number of hydrogen-bond donors (Lipinski definition) is 0. The molecule has 17 heavy (non-hydrogen) atoms. The third-order valence-corrected chi connectivity index (χ3v) is 4.73. The van der Waals surface area contributed by atoms with E-state index >= 15 is 0 Å². The van der Waals surface area contributed by atoms with Crippen molar-refractivity contribution in [3.05, 3.63) is 0 Å². The van der Waals surface area contributed by atoms with E-state index < -0.39 is 0 Å². The maximum Gasteiger partial charge on any atom is 0.320 e. The highest BCUT2D eigenvalue weighted by molar-refractivity contribution is 5.75. The Morgan fingerprint density at radius 3 is 2.18 bits per heavy atom. The second-order valence-corrected chi connectivity index (χ2v) is 6.76. The van der Waals surface area contributed by atoms with Gasteiger partial charge in [0, 0.05) is 31.6 Å². The van der Waals surface area contributed by atoms with Crippen molar-refractivity contribution in [1.82, 2.24) is 9.80 Å². The number of amides is 2. The molecule has 1 saturated heterocycles. The lowest BCUT2D eigenvalue weighted by atomic mass is 9.55. The highest BCUT2D eigenvalue weighted by atomic mass is 16.2. The van der Waals surface area contributed by atoms with E-state index in [0.717, 1.165) is 24.9 Å². The molecular formula is C14H26N2O. The predicted octanol–water partition coefficient (Wildman–Crippen LogP) is 2.81. The molecule has 0 unspecified atom stereocenters. The molecule has 1 spiro atoms. The molecule has 1 aliphatic heterocycles. The van der Waals surface area contributed by atoms with Crippen molar-refractivity contribution in [3.63, 3.8) is 0 Å². The lowest BCUT2D eigenvalue weighted by molar-refractivity contribution is -0.0889. The second-order valence-electron chi connectivity index (χ2n) is 6.76. The van der Waals surface area contributed by atoms with Crippen LogP contribution < -0.4 is 0 Å². The molecule has 0 N–H and O–H groups in total. The van der Waals surface area contributed by atoms with Crippen LogP contribution in [0, 0.1) is 17.3 Å². The van der Waals surface area contributed by atoms with Crippen molar-refractivity contribution in [2.45, 2.75) is 46.6 Å². The van der Waals surface area contributed by atoms with Crippen LogP contribution in [0.2, 0.25) is 0 Å². The van der Waals surface area contributed by atoms with Crippen molar-refractivity contribution in [2.75, 3.05) is 20.1 Å². The minimum absolute atomic E-state index is 0.207. The summed E-state index contributed by atoms with van der Waals surface area (Å²) >= 11 is 0. The summed E-state index contributed by atoms with van der Waals surface area (Å²) in [4.78, 5) is 15.9. The molecule has 2 rings (SSSR count). The van der Waals surface area contributed by atoms with Gasteiger partial charge in [-0.1, -0.05) is 13.8 Å². The zero-order chi connectivity index (χ0) is 12.8. The highest BCUT2D eigenvalue weighted by Gasteiger charge is 2.54. The normalized spacial score (nSPS) is 22.9. The van der Waals surface area contributed by atoms with Gasteiger partial charge in [-0.25, -0.2) is 4.79 Å². The molecule has 2 amide bonds. The molecule has 2 aliphatic rings. The highest BCUT2D eigenvalue weighted by Crippen LogP contribution is 2.54. The Labute approximate surface area is 105 Å². The van der Waals surface area contributed by atoms with Crippen molar-refractivity contribution in [3.8, 4) is 0 Å². The first-order valence-electron chi connectivity index (χ1n) is 6.86. The van der Waals surface area contributed by atoms with Gasteiger partial charge in [-0.2, -0.15) is 0 Å². The largest absolute Gasteiger partial charge is 0.325 e. The van der Waals surface area contributed by atoms with Gasteiger partial charge in [-0.15, -0.1) is 0 Å². The van der Waals surface area contributed by atoms with Gasteiger partial charge in [-0.3, -0.25) is 0 Å². The molecule has 0 aromatic rings. The van der Waals surface area contributed by atoms with E-state index in [1.165, 1.54) is 12.8 Å². The van der Waals surface area contributed by atoms with E-state index in [0.29, 0.717) is 11.5 Å². The van der Waals surface area contributed by atoms with Gasteiger partial charge < -0.3 is 9.80 Å². The van der Waals surface area contributed by atoms with Crippen molar-refractivity contribution in [2.24, 2.45) is 17.3 Å². The number of rotatable bonds is 2. The van der Waals surface area contributed by atoms with E-state index in [2.05, 4.69) is 27.7 Å². The lowest BCUT2D eigenvalue weighted by Gasteiger charge is -2.60. The maximum atomic E-state index is 12.1. The quantitative estimate of drug-likeness (QED) is 0.725. The molecule has 0 aromatic heterocycles. The van der Waals surface area contributed by atoms with Crippen LogP contribution in [0.25, 0.3) is 0 Å². The van der Waals surface area contributed by atoms with E-state index in [-0.39, 0.29) is 6.03 Å². The van der Waals surface area contributed by atoms with Gasteiger partial charge in [0.1, 0.15) is 0 Å². The van der Waals surface area contributed by atoms with Crippen LogP contribution >= 0.6 is 0 Å². The second kappa shape index (κ2) is 4.18. The summed E-state index contributed by atoms with van der Waals surface area (Å²) in [5.41, 5.74) is 0.502. The standard InChI is InChI=1S/C14H26N2O/c1-10(2)12-6-14(7-12)8-16(9-14)13(17)15(5)11(3)4/h10-12H,6-9H2,1-5H3. The Bertz CT molecular complexity index is 297. The Morgan fingerprint density at radius 1 is 1.24 bits per heavy atom. The SMILES string of the molecule is CC(C)C1CC2(C1)CN(C(=O)N(C)C(C)C)C2. The van der Waals surface area contributed by atoms with E-state index in [1.54, 1.807) is 0 Å². The Morgan fingerprint density at radius 2 is 1.76 bits per heavy atom. The summed E-state index contributed by atoms with van der Waals surface area (Å²) in [6.45, 7) is 10.7. The third-order valence-electron chi connectivity index (χ3n) is 4.73. The maximum absolute atomic E-state index is 12.1. The summed E-state index contributed by atoms with van der Waals surface area (Å²) in [6, 6.07) is 0.502. The molecule has 98 valence electrons. The molecular weight excluding hydrogens is 212 g/mol. The summed E-state index contributed by atoms with van der Waals surface area (Å²) in [6.07, 6.45) is 2.67. The van der Waals surface area contributed by atoms with Crippen LogP contribution in [-0.2, 0) is 0 Å². The van der Waals surface area contributed by atoms with Crippen LogP contribution in [-0.4, -0.2) is 42.0 Å². The number of likely N-dealkylation sites (tertiary alicyclic amines) is 1. The van der Waals surface area contributed by atoms with Gasteiger partial charge in [0.25, 0.3) is 0 Å². The molecule has 2 fully saturated rings. The number of nitrogens with zero attached hydrogens (tertiary/aromatic N) is 2. The summed E-state index contributed by atoms with van der Waals surface area (Å²) in [5.74, 6) is 1.71. The molecule has 3 heteroatoms. The Kier molecular flexibility index (Phi) is 3.13. The lowest BCUT2D eigenvalue weighted by Crippen LogP contribution is -2.66. The predicted molar refractivity (Wildman–Crippen MR) is 69.9 cm³/mol. The summed E-state index contributed by atoms with van der Waals surface area (Å²) < 4.78 is 0. The van der Waals surface area contributed by atoms with Crippen LogP contribution in [0.4, 0.5) is 4.79 Å². The monoisotopic (exact) mass is 238 g/mol. The number of carbonyl (C=O) groups excluding carboxylic acids is 1. The molecule has 1 aliphatic carbocycles. The van der Waals surface area contributed by atoms with E-state index in [9.17, 15) is 4.79 Å². The smallest absolute Gasteiger partial charge is 0.320 e. The fourth-order valence-corrected chi connectivity index (χ4v) is 3.12. The Hall–Kier alpha value is -0.730. The average molecular weight is 238 g/mol. The van der Waals surface area contributed by atoms with E-state index in [4.69, 9.17) is 0 Å². The minimum Gasteiger partial charge on any atom is -0.325 e. The first-order valence-corrected chi connectivity index (χ1v) is 6.86. The number of hydrogen-bond acceptors (Lipinski definition) is 1.